The number of nitro groups is 1. The lowest BCUT2D eigenvalue weighted by molar-refractivity contribution is -0.383. The number of aliphatic hydroxyl groups is 1. The van der Waals surface area contributed by atoms with Gasteiger partial charge in [-0.2, -0.15) is 9.61 Å². The minimum absolute atomic E-state index is 0.146. The number of aromatic nitrogens is 3. The smallest absolute Gasteiger partial charge is 0.333 e. The van der Waals surface area contributed by atoms with E-state index < -0.39 is 4.92 Å². The van der Waals surface area contributed by atoms with Crippen molar-refractivity contribution >= 4 is 17.2 Å². The van der Waals surface area contributed by atoms with Crippen LogP contribution in [0.15, 0.2) is 6.20 Å². The number of anilines is 1. The molecule has 2 aromatic heterocycles. The first-order valence-corrected chi connectivity index (χ1v) is 5.49. The van der Waals surface area contributed by atoms with Crippen molar-refractivity contribution in [1.29, 1.82) is 0 Å². The zero-order valence-corrected chi connectivity index (χ0v) is 9.70. The minimum atomic E-state index is -0.516. The molecule has 0 aromatic carbocycles. The fourth-order valence-electron chi connectivity index (χ4n) is 2.34. The summed E-state index contributed by atoms with van der Waals surface area (Å²) in [6.45, 7) is 0.561. The summed E-state index contributed by atoms with van der Waals surface area (Å²) in [6.07, 6.45) is 1.95. The zero-order valence-electron chi connectivity index (χ0n) is 9.70. The highest BCUT2D eigenvalue weighted by molar-refractivity contribution is 5.66. The summed E-state index contributed by atoms with van der Waals surface area (Å²) >= 11 is 0. The fourth-order valence-corrected chi connectivity index (χ4v) is 2.34. The minimum Gasteiger partial charge on any atom is -0.390 e. The van der Waals surface area contributed by atoms with E-state index in [4.69, 9.17) is 0 Å². The number of aliphatic hydroxyl groups excluding tert-OH is 1. The number of hydrogen-bond donors (Lipinski definition) is 1. The van der Waals surface area contributed by atoms with Gasteiger partial charge in [0.1, 0.15) is 12.0 Å². The normalized spacial score (nSPS) is 14.2. The molecule has 94 valence electrons. The molecule has 0 amide bonds. The standard InChI is InChI=1S/C10H11N5O3/c1-13-3-2-6-7(5-16)12-9-8(15(17)18)4-11-14(9)10(6)13/h4,16H,2-3,5H2,1H3. The second-order valence-electron chi connectivity index (χ2n) is 4.21. The summed E-state index contributed by atoms with van der Waals surface area (Å²) in [5.74, 6) is 0.775. The maximum atomic E-state index is 10.9. The van der Waals surface area contributed by atoms with Gasteiger partial charge in [-0.1, -0.05) is 0 Å². The number of rotatable bonds is 2. The molecule has 0 saturated carbocycles. The van der Waals surface area contributed by atoms with Gasteiger partial charge < -0.3 is 10.0 Å². The van der Waals surface area contributed by atoms with E-state index in [0.29, 0.717) is 5.69 Å². The van der Waals surface area contributed by atoms with Gasteiger partial charge in [0.15, 0.2) is 0 Å². The first-order chi connectivity index (χ1) is 8.63. The lowest BCUT2D eigenvalue weighted by atomic mass is 10.2. The van der Waals surface area contributed by atoms with E-state index in [1.165, 1.54) is 10.7 Å². The summed E-state index contributed by atoms with van der Waals surface area (Å²) in [4.78, 5) is 16.5. The molecular weight excluding hydrogens is 238 g/mol. The molecule has 0 radical (unpaired) electrons. The maximum absolute atomic E-state index is 10.9. The van der Waals surface area contributed by atoms with Crippen molar-refractivity contribution in [1.82, 2.24) is 14.6 Å². The van der Waals surface area contributed by atoms with Crippen LogP contribution in [0.1, 0.15) is 11.3 Å². The van der Waals surface area contributed by atoms with Crippen LogP contribution >= 0.6 is 0 Å². The fraction of sp³-hybridized carbons (Fsp3) is 0.400. The molecular formula is C10H11N5O3. The molecule has 0 atom stereocenters. The van der Waals surface area contributed by atoms with Crippen molar-refractivity contribution in [2.24, 2.45) is 0 Å². The second kappa shape index (κ2) is 3.64. The Balaban J connectivity index is 2.39. The molecule has 1 aliphatic rings. The van der Waals surface area contributed by atoms with Crippen molar-refractivity contribution < 1.29 is 10.0 Å². The Bertz CT molecular complexity index is 650. The van der Waals surface area contributed by atoms with E-state index >= 15 is 0 Å². The monoisotopic (exact) mass is 249 g/mol. The number of hydrogen-bond acceptors (Lipinski definition) is 6. The molecule has 1 aliphatic heterocycles. The summed E-state index contributed by atoms with van der Waals surface area (Å²) in [7, 11) is 1.89. The van der Waals surface area contributed by atoms with Gasteiger partial charge in [0.25, 0.3) is 0 Å². The first kappa shape index (κ1) is 10.9. The average molecular weight is 249 g/mol. The number of fused-ring (bicyclic) bond motifs is 3. The Morgan fingerprint density at radius 3 is 3.06 bits per heavy atom. The third-order valence-electron chi connectivity index (χ3n) is 3.19. The molecule has 0 unspecified atom stereocenters. The highest BCUT2D eigenvalue weighted by Crippen LogP contribution is 2.32. The van der Waals surface area contributed by atoms with E-state index in [2.05, 4.69) is 10.1 Å². The predicted octanol–water partition coefficient (Wildman–Crippen LogP) is 0.122. The highest BCUT2D eigenvalue weighted by atomic mass is 16.6. The largest absolute Gasteiger partial charge is 0.390 e. The van der Waals surface area contributed by atoms with Gasteiger partial charge in [0.05, 0.1) is 17.2 Å². The van der Waals surface area contributed by atoms with Crippen LogP contribution in [0.5, 0.6) is 0 Å². The summed E-state index contributed by atoms with van der Waals surface area (Å²) in [5, 5.41) is 24.3. The van der Waals surface area contributed by atoms with Gasteiger partial charge in [-0.15, -0.1) is 0 Å². The SMILES string of the molecule is CN1CCc2c(CO)nc3c([N+](=O)[O-])cnn3c21. The molecule has 8 heteroatoms. The molecule has 0 bridgehead atoms. The van der Waals surface area contributed by atoms with E-state index in [9.17, 15) is 15.2 Å². The van der Waals surface area contributed by atoms with Crippen LogP contribution in [0.3, 0.4) is 0 Å². The Morgan fingerprint density at radius 2 is 2.39 bits per heavy atom. The predicted molar refractivity (Wildman–Crippen MR) is 62.5 cm³/mol. The second-order valence-corrected chi connectivity index (χ2v) is 4.21. The van der Waals surface area contributed by atoms with Gasteiger partial charge in [0.2, 0.25) is 5.65 Å². The van der Waals surface area contributed by atoms with Gasteiger partial charge in [0, 0.05) is 19.2 Å². The van der Waals surface area contributed by atoms with Gasteiger partial charge in [-0.05, 0) is 6.42 Å². The van der Waals surface area contributed by atoms with Crippen molar-refractivity contribution in [3.05, 3.63) is 27.6 Å². The molecule has 1 N–H and O–H groups in total. The van der Waals surface area contributed by atoms with Crippen LogP contribution in [0, 0.1) is 10.1 Å². The van der Waals surface area contributed by atoms with Gasteiger partial charge in [-0.3, -0.25) is 10.1 Å². The number of likely N-dealkylation sites (N-methyl/N-ethyl adjacent to an activating group) is 1. The van der Waals surface area contributed by atoms with Crippen molar-refractivity contribution in [3.63, 3.8) is 0 Å². The first-order valence-electron chi connectivity index (χ1n) is 5.49. The average Bonchev–Trinajstić information content (AvgIpc) is 2.91. The van der Waals surface area contributed by atoms with Crippen LogP contribution in [0.25, 0.3) is 5.65 Å². The van der Waals surface area contributed by atoms with Crippen LogP contribution in [-0.2, 0) is 13.0 Å². The van der Waals surface area contributed by atoms with E-state index in [0.717, 1.165) is 24.3 Å². The van der Waals surface area contributed by atoms with E-state index in [1.807, 2.05) is 11.9 Å². The maximum Gasteiger partial charge on any atom is 0.333 e. The van der Waals surface area contributed by atoms with Crippen molar-refractivity contribution in [2.75, 3.05) is 18.5 Å². The molecule has 0 spiro atoms. The molecule has 0 saturated heterocycles. The summed E-state index contributed by atoms with van der Waals surface area (Å²) in [6, 6.07) is 0. The molecule has 3 heterocycles. The molecule has 18 heavy (non-hydrogen) atoms. The van der Waals surface area contributed by atoms with Crippen molar-refractivity contribution in [2.45, 2.75) is 13.0 Å². The van der Waals surface area contributed by atoms with Crippen LogP contribution in [0.4, 0.5) is 11.5 Å². The molecule has 2 aromatic rings. The highest BCUT2D eigenvalue weighted by Gasteiger charge is 2.28. The summed E-state index contributed by atoms with van der Waals surface area (Å²) < 4.78 is 1.47. The van der Waals surface area contributed by atoms with E-state index in [1.54, 1.807) is 0 Å². The van der Waals surface area contributed by atoms with Crippen LogP contribution in [0.2, 0.25) is 0 Å². The molecule has 0 fully saturated rings. The Hall–Kier alpha value is -2.22. The topological polar surface area (TPSA) is 96.8 Å². The Labute approximate surface area is 102 Å². The lowest BCUT2D eigenvalue weighted by Gasteiger charge is -2.13. The van der Waals surface area contributed by atoms with Gasteiger partial charge in [-0.25, -0.2) is 4.98 Å². The third-order valence-corrected chi connectivity index (χ3v) is 3.19. The van der Waals surface area contributed by atoms with Gasteiger partial charge >= 0.3 is 5.69 Å². The van der Waals surface area contributed by atoms with Crippen molar-refractivity contribution in [3.8, 4) is 0 Å². The summed E-state index contributed by atoms with van der Waals surface area (Å²) in [5.41, 5.74) is 1.43. The third kappa shape index (κ3) is 1.29. The molecule has 8 nitrogen and oxygen atoms in total. The Kier molecular flexibility index (Phi) is 2.20. The Morgan fingerprint density at radius 1 is 1.61 bits per heavy atom. The number of nitrogens with zero attached hydrogens (tertiary/aromatic N) is 5. The van der Waals surface area contributed by atoms with E-state index in [-0.39, 0.29) is 17.9 Å². The quantitative estimate of drug-likeness (QED) is 0.600. The zero-order chi connectivity index (χ0) is 12.9. The molecule has 3 rings (SSSR count). The van der Waals surface area contributed by atoms with Crippen LogP contribution < -0.4 is 4.90 Å². The molecule has 0 aliphatic carbocycles. The lowest BCUT2D eigenvalue weighted by Crippen LogP contribution is -2.16. The van der Waals surface area contributed by atoms with Crippen LogP contribution in [-0.4, -0.2) is 38.2 Å².